The molecule has 0 aliphatic carbocycles. The third-order valence-electron chi connectivity index (χ3n) is 3.84. The molecule has 0 aliphatic rings. The van der Waals surface area contributed by atoms with Crippen molar-refractivity contribution in [3.8, 4) is 0 Å². The zero-order valence-electron chi connectivity index (χ0n) is 11.9. The topological polar surface area (TPSA) is 0 Å². The summed E-state index contributed by atoms with van der Waals surface area (Å²) < 4.78 is 12.2. The van der Waals surface area contributed by atoms with Crippen molar-refractivity contribution in [3.05, 3.63) is 66.7 Å². The minimum atomic E-state index is 0.289. The van der Waals surface area contributed by atoms with Gasteiger partial charge in [0.1, 0.15) is 11.2 Å². The van der Waals surface area contributed by atoms with Gasteiger partial charge in [-0.05, 0) is 83.3 Å². The van der Waals surface area contributed by atoms with Crippen molar-refractivity contribution in [2.45, 2.75) is 4.90 Å². The van der Waals surface area contributed by atoms with Crippen LogP contribution in [0.5, 0.6) is 0 Å². The van der Waals surface area contributed by atoms with Gasteiger partial charge in [0.05, 0.1) is 0 Å². The summed E-state index contributed by atoms with van der Waals surface area (Å²) in [6.07, 6.45) is 0. The highest BCUT2D eigenvalue weighted by molar-refractivity contribution is 9.25. The van der Waals surface area contributed by atoms with Gasteiger partial charge in [-0.15, -0.1) is 0 Å². The predicted molar refractivity (Wildman–Crippen MR) is 109 cm³/mol. The lowest BCUT2D eigenvalue weighted by atomic mass is 10.00. The fourth-order valence-corrected chi connectivity index (χ4v) is 6.56. The molecule has 4 aromatic carbocycles. The summed E-state index contributed by atoms with van der Waals surface area (Å²) >= 11 is 0.289. The molecule has 0 aromatic heterocycles. The van der Waals surface area contributed by atoms with Crippen LogP contribution in [0.15, 0.2) is 71.6 Å². The van der Waals surface area contributed by atoms with Crippen LogP contribution in [0.4, 0.5) is 3.89 Å². The zero-order chi connectivity index (χ0) is 15.6. The molecular weight excluding hydrogens is 363 g/mol. The molecule has 4 aromatic rings. The van der Waals surface area contributed by atoms with E-state index in [1.807, 2.05) is 0 Å². The van der Waals surface area contributed by atoms with Crippen LogP contribution in [0.1, 0.15) is 0 Å². The van der Waals surface area contributed by atoms with Gasteiger partial charge < -0.3 is 0 Å². The van der Waals surface area contributed by atoms with E-state index in [2.05, 4.69) is 66.7 Å². The average Bonchev–Trinajstić information content (AvgIpc) is 2.58. The molecule has 0 N–H and O–H groups in total. The highest BCUT2D eigenvalue weighted by Gasteiger charge is 2.06. The smallest absolute Gasteiger partial charge is 0.127 e. The van der Waals surface area contributed by atoms with Crippen LogP contribution in [0.2, 0.25) is 0 Å². The summed E-state index contributed by atoms with van der Waals surface area (Å²) in [5.41, 5.74) is 0. The van der Waals surface area contributed by atoms with E-state index < -0.39 is 0 Å². The van der Waals surface area contributed by atoms with Crippen molar-refractivity contribution >= 4 is 73.9 Å². The SMILES string of the molecule is FSSSSc1cccc2cc3cc4ccccc4cc3cc12. The first-order valence-corrected chi connectivity index (χ1v) is 11.7. The van der Waals surface area contributed by atoms with Gasteiger partial charge in [0.2, 0.25) is 0 Å². The molecule has 0 heterocycles. The third kappa shape index (κ3) is 3.15. The molecule has 4 rings (SSSR count). The third-order valence-corrected chi connectivity index (χ3v) is 8.69. The van der Waals surface area contributed by atoms with Crippen LogP contribution < -0.4 is 0 Å². The van der Waals surface area contributed by atoms with E-state index in [0.717, 1.165) is 9.83 Å². The molecule has 0 saturated heterocycles. The quantitative estimate of drug-likeness (QED) is 0.201. The molecule has 0 amide bonds. The first-order valence-electron chi connectivity index (χ1n) is 6.99. The van der Waals surface area contributed by atoms with E-state index in [4.69, 9.17) is 0 Å². The van der Waals surface area contributed by atoms with Crippen LogP contribution in [-0.2, 0) is 0 Å². The van der Waals surface area contributed by atoms with Crippen LogP contribution in [-0.4, -0.2) is 0 Å². The molecular formula is C18H11FS4. The van der Waals surface area contributed by atoms with Crippen LogP contribution >= 0.6 is 41.6 Å². The lowest BCUT2D eigenvalue weighted by Crippen LogP contribution is -1.80. The minimum Gasteiger partial charge on any atom is -0.152 e. The van der Waals surface area contributed by atoms with Crippen molar-refractivity contribution in [1.29, 1.82) is 0 Å². The van der Waals surface area contributed by atoms with Crippen molar-refractivity contribution in [2.24, 2.45) is 0 Å². The normalized spacial score (nSPS) is 11.5. The summed E-state index contributed by atoms with van der Waals surface area (Å²) in [4.78, 5) is 1.17. The van der Waals surface area contributed by atoms with E-state index in [0.29, 0.717) is 0 Å². The van der Waals surface area contributed by atoms with Gasteiger partial charge >= 0.3 is 0 Å². The maximum Gasteiger partial charge on any atom is 0.127 e. The second-order valence-corrected chi connectivity index (χ2v) is 10.3. The Bertz CT molecular complexity index is 1000. The Labute approximate surface area is 149 Å². The minimum absolute atomic E-state index is 0.289. The van der Waals surface area contributed by atoms with Crippen LogP contribution in [0, 0.1) is 0 Å². The number of rotatable bonds is 4. The maximum atomic E-state index is 12.2. The summed E-state index contributed by atoms with van der Waals surface area (Å²) in [6, 6.07) is 23.7. The molecule has 0 saturated carbocycles. The molecule has 0 radical (unpaired) electrons. The van der Waals surface area contributed by atoms with Crippen molar-refractivity contribution in [1.82, 2.24) is 0 Å². The fourth-order valence-electron chi connectivity index (χ4n) is 2.82. The number of fused-ring (bicyclic) bond motifs is 3. The summed E-state index contributed by atoms with van der Waals surface area (Å²) in [6.45, 7) is 0. The van der Waals surface area contributed by atoms with Gasteiger partial charge in [-0.3, -0.25) is 0 Å². The number of halogens is 1. The summed E-state index contributed by atoms with van der Waals surface area (Å²) in [7, 11) is 4.20. The van der Waals surface area contributed by atoms with Crippen molar-refractivity contribution in [3.63, 3.8) is 0 Å². The first-order chi connectivity index (χ1) is 11.3. The van der Waals surface area contributed by atoms with E-state index >= 15 is 0 Å². The van der Waals surface area contributed by atoms with Gasteiger partial charge in [0, 0.05) is 14.7 Å². The second-order valence-electron chi connectivity index (χ2n) is 5.16. The van der Waals surface area contributed by atoms with Crippen LogP contribution in [0.3, 0.4) is 0 Å². The Balaban J connectivity index is 1.90. The summed E-state index contributed by atoms with van der Waals surface area (Å²) in [5.74, 6) is 0. The van der Waals surface area contributed by atoms with E-state index in [-0.39, 0.29) is 11.2 Å². The average molecular weight is 375 g/mol. The van der Waals surface area contributed by atoms with E-state index in [9.17, 15) is 3.89 Å². The Hall–Kier alpha value is -1.01. The zero-order valence-corrected chi connectivity index (χ0v) is 15.1. The standard InChI is InChI=1S/C18H11FS4/c19-21-23-22-20-18-7-3-6-14-10-15-8-12-4-1-2-5-13(12)9-16(15)11-17(14)18/h1-11H. The van der Waals surface area contributed by atoms with Gasteiger partial charge in [-0.2, -0.15) is 3.89 Å². The molecule has 0 nitrogen and oxygen atoms in total. The van der Waals surface area contributed by atoms with Gasteiger partial charge in [0.25, 0.3) is 0 Å². The van der Waals surface area contributed by atoms with Gasteiger partial charge in [-0.25, -0.2) is 0 Å². The highest BCUT2D eigenvalue weighted by atomic mass is 33.7. The maximum absolute atomic E-state index is 12.2. The number of benzene rings is 4. The predicted octanol–water partition coefficient (Wildman–Crippen LogP) is 8.07. The Morgan fingerprint density at radius 3 is 2.00 bits per heavy atom. The van der Waals surface area contributed by atoms with Crippen LogP contribution in [0.25, 0.3) is 32.3 Å². The number of hydrogen-bond donors (Lipinski definition) is 0. The molecule has 114 valence electrons. The molecule has 0 spiro atoms. The van der Waals surface area contributed by atoms with E-state index in [1.54, 1.807) is 10.8 Å². The molecule has 0 bridgehead atoms. The molecule has 0 aliphatic heterocycles. The Morgan fingerprint density at radius 1 is 0.609 bits per heavy atom. The lowest BCUT2D eigenvalue weighted by molar-refractivity contribution is 0.954. The van der Waals surface area contributed by atoms with Gasteiger partial charge in [-0.1, -0.05) is 36.4 Å². The van der Waals surface area contributed by atoms with Crippen molar-refractivity contribution < 1.29 is 3.89 Å². The monoisotopic (exact) mass is 374 g/mol. The molecule has 0 unspecified atom stereocenters. The first kappa shape index (κ1) is 15.5. The molecule has 0 atom stereocenters. The Kier molecular flexibility index (Phi) is 4.62. The highest BCUT2D eigenvalue weighted by Crippen LogP contribution is 2.48. The molecule has 5 heteroatoms. The Morgan fingerprint density at radius 2 is 1.26 bits per heavy atom. The fraction of sp³-hybridized carbons (Fsp3) is 0. The molecule has 0 fully saturated rings. The van der Waals surface area contributed by atoms with Crippen molar-refractivity contribution in [2.75, 3.05) is 0 Å². The summed E-state index contributed by atoms with van der Waals surface area (Å²) in [5, 5.41) is 7.44. The number of hydrogen-bond acceptors (Lipinski definition) is 4. The second kappa shape index (κ2) is 6.85. The van der Waals surface area contributed by atoms with Gasteiger partial charge in [0.15, 0.2) is 0 Å². The van der Waals surface area contributed by atoms with E-state index in [1.165, 1.54) is 47.0 Å². The largest absolute Gasteiger partial charge is 0.152 e. The lowest BCUT2D eigenvalue weighted by Gasteiger charge is -2.08. The molecule has 23 heavy (non-hydrogen) atoms.